The zero-order valence-corrected chi connectivity index (χ0v) is 8.74. The first-order valence-electron chi connectivity index (χ1n) is 3.44. The number of terminal acetylenes is 1. The highest BCUT2D eigenvalue weighted by Gasteiger charge is 2.06. The second-order valence-corrected chi connectivity index (χ2v) is 4.08. The molecule has 1 aromatic heterocycles. The molecular formula is C9H7BrOS. The lowest BCUT2D eigenvalue weighted by atomic mass is 10.2. The molecule has 62 valence electrons. The summed E-state index contributed by atoms with van der Waals surface area (Å²) in [6, 6.07) is 1.82. The number of thiophene rings is 1. The van der Waals surface area contributed by atoms with Gasteiger partial charge in [0.2, 0.25) is 0 Å². The van der Waals surface area contributed by atoms with Crippen LogP contribution in [0.25, 0.3) is 0 Å². The van der Waals surface area contributed by atoms with Crippen molar-refractivity contribution in [2.24, 2.45) is 0 Å². The van der Waals surface area contributed by atoms with Crippen LogP contribution in [0, 0.1) is 12.3 Å². The smallest absolute Gasteiger partial charge is 0.173 e. The van der Waals surface area contributed by atoms with Gasteiger partial charge in [0.05, 0.1) is 4.88 Å². The van der Waals surface area contributed by atoms with Crippen molar-refractivity contribution in [1.29, 1.82) is 0 Å². The fourth-order valence-electron chi connectivity index (χ4n) is 0.768. The Bertz CT molecular complexity index is 322. The molecule has 0 saturated heterocycles. The van der Waals surface area contributed by atoms with Gasteiger partial charge in [0.15, 0.2) is 5.78 Å². The largest absolute Gasteiger partial charge is 0.293 e. The molecule has 0 aliphatic heterocycles. The molecule has 0 fully saturated rings. The summed E-state index contributed by atoms with van der Waals surface area (Å²) in [5.74, 6) is 2.58. The van der Waals surface area contributed by atoms with Crippen LogP contribution in [0.2, 0.25) is 0 Å². The summed E-state index contributed by atoms with van der Waals surface area (Å²) >= 11 is 4.73. The van der Waals surface area contributed by atoms with Crippen LogP contribution in [0.15, 0.2) is 15.9 Å². The molecule has 0 N–H and O–H groups in total. The summed E-state index contributed by atoms with van der Waals surface area (Å²) in [7, 11) is 0. The van der Waals surface area contributed by atoms with Gasteiger partial charge in [-0.1, -0.05) is 0 Å². The minimum absolute atomic E-state index is 0.128. The number of carbonyl (C=O) groups is 1. The van der Waals surface area contributed by atoms with E-state index in [-0.39, 0.29) is 5.78 Å². The van der Waals surface area contributed by atoms with E-state index in [9.17, 15) is 4.79 Å². The topological polar surface area (TPSA) is 17.1 Å². The maximum Gasteiger partial charge on any atom is 0.173 e. The highest BCUT2D eigenvalue weighted by molar-refractivity contribution is 9.10. The summed E-state index contributed by atoms with van der Waals surface area (Å²) < 4.78 is 0.955. The third-order valence-corrected chi connectivity index (χ3v) is 3.07. The SMILES string of the molecule is C#CCCC(=O)c1cc(Br)cs1. The molecule has 1 aromatic rings. The lowest BCUT2D eigenvalue weighted by Gasteiger charge is -1.90. The molecule has 0 spiro atoms. The van der Waals surface area contributed by atoms with E-state index >= 15 is 0 Å². The van der Waals surface area contributed by atoms with E-state index in [1.807, 2.05) is 11.4 Å². The van der Waals surface area contributed by atoms with E-state index < -0.39 is 0 Å². The quantitative estimate of drug-likeness (QED) is 0.588. The normalized spacial score (nSPS) is 9.33. The highest BCUT2D eigenvalue weighted by Crippen LogP contribution is 2.21. The van der Waals surface area contributed by atoms with E-state index in [0.717, 1.165) is 9.35 Å². The lowest BCUT2D eigenvalue weighted by molar-refractivity contribution is 0.0988. The number of carbonyl (C=O) groups excluding carboxylic acids is 1. The molecule has 0 aliphatic carbocycles. The van der Waals surface area contributed by atoms with Gasteiger partial charge in [0.1, 0.15) is 0 Å². The molecule has 0 aromatic carbocycles. The molecule has 0 saturated carbocycles. The van der Waals surface area contributed by atoms with Crippen molar-refractivity contribution < 1.29 is 4.79 Å². The monoisotopic (exact) mass is 242 g/mol. The van der Waals surface area contributed by atoms with Crippen LogP contribution in [0.1, 0.15) is 22.5 Å². The fraction of sp³-hybridized carbons (Fsp3) is 0.222. The second-order valence-electron chi connectivity index (χ2n) is 2.26. The Hall–Kier alpha value is -0.590. The second kappa shape index (κ2) is 4.44. The minimum atomic E-state index is 0.128. The van der Waals surface area contributed by atoms with Crippen molar-refractivity contribution in [2.75, 3.05) is 0 Å². The van der Waals surface area contributed by atoms with Crippen molar-refractivity contribution in [1.82, 2.24) is 0 Å². The van der Waals surface area contributed by atoms with Crippen molar-refractivity contribution in [2.45, 2.75) is 12.8 Å². The van der Waals surface area contributed by atoms with Gasteiger partial charge >= 0.3 is 0 Å². The van der Waals surface area contributed by atoms with E-state index in [0.29, 0.717) is 12.8 Å². The molecule has 12 heavy (non-hydrogen) atoms. The van der Waals surface area contributed by atoms with Crippen LogP contribution in [0.5, 0.6) is 0 Å². The van der Waals surface area contributed by atoms with Crippen molar-refractivity contribution in [3.05, 3.63) is 20.8 Å². The fourth-order valence-corrected chi connectivity index (χ4v) is 2.17. The lowest BCUT2D eigenvalue weighted by Crippen LogP contribution is -1.93. The maximum absolute atomic E-state index is 11.3. The van der Waals surface area contributed by atoms with Gasteiger partial charge < -0.3 is 0 Å². The molecule has 0 amide bonds. The molecule has 0 aliphatic rings. The van der Waals surface area contributed by atoms with Gasteiger partial charge in [0.25, 0.3) is 0 Å². The van der Waals surface area contributed by atoms with Crippen molar-refractivity contribution in [3.8, 4) is 12.3 Å². The molecule has 1 rings (SSSR count). The molecule has 0 atom stereocenters. The van der Waals surface area contributed by atoms with E-state index in [1.165, 1.54) is 11.3 Å². The van der Waals surface area contributed by atoms with Crippen LogP contribution in [0.3, 0.4) is 0 Å². The molecular weight excluding hydrogens is 236 g/mol. The van der Waals surface area contributed by atoms with Crippen LogP contribution in [0.4, 0.5) is 0 Å². The Labute approximate surface area is 83.9 Å². The molecule has 3 heteroatoms. The summed E-state index contributed by atoms with van der Waals surface area (Å²) in [5.41, 5.74) is 0. The van der Waals surface area contributed by atoms with Gasteiger partial charge in [-0.2, -0.15) is 0 Å². The predicted molar refractivity (Wildman–Crippen MR) is 54.4 cm³/mol. The van der Waals surface area contributed by atoms with Crippen molar-refractivity contribution >= 4 is 33.0 Å². The molecule has 0 unspecified atom stereocenters. The zero-order chi connectivity index (χ0) is 8.97. The van der Waals surface area contributed by atoms with Gasteiger partial charge in [-0.3, -0.25) is 4.79 Å². The average molecular weight is 243 g/mol. The van der Waals surface area contributed by atoms with Gasteiger partial charge in [0, 0.05) is 22.7 Å². The molecule has 0 radical (unpaired) electrons. The van der Waals surface area contributed by atoms with E-state index in [2.05, 4.69) is 21.9 Å². The standard InChI is InChI=1S/C9H7BrOS/c1-2-3-4-8(11)9-5-7(10)6-12-9/h1,5-6H,3-4H2. The maximum atomic E-state index is 11.3. The predicted octanol–water partition coefficient (Wildman–Crippen LogP) is 3.11. The summed E-state index contributed by atoms with van der Waals surface area (Å²) in [6.07, 6.45) is 6.02. The Morgan fingerprint density at radius 3 is 3.00 bits per heavy atom. The third kappa shape index (κ3) is 2.47. The Morgan fingerprint density at radius 1 is 1.75 bits per heavy atom. The van der Waals surface area contributed by atoms with Crippen molar-refractivity contribution in [3.63, 3.8) is 0 Å². The van der Waals surface area contributed by atoms with Crippen LogP contribution in [-0.4, -0.2) is 5.78 Å². The molecule has 0 bridgehead atoms. The third-order valence-electron chi connectivity index (χ3n) is 1.34. The first-order chi connectivity index (χ1) is 5.74. The summed E-state index contributed by atoms with van der Waals surface area (Å²) in [5, 5.41) is 1.89. The van der Waals surface area contributed by atoms with Gasteiger partial charge in [-0.15, -0.1) is 23.7 Å². The summed E-state index contributed by atoms with van der Waals surface area (Å²) in [4.78, 5) is 12.1. The Morgan fingerprint density at radius 2 is 2.50 bits per heavy atom. The van der Waals surface area contributed by atoms with Crippen LogP contribution >= 0.6 is 27.3 Å². The Balaban J connectivity index is 2.61. The van der Waals surface area contributed by atoms with E-state index in [4.69, 9.17) is 6.42 Å². The number of Topliss-reactive ketones (excluding diaryl/α,β-unsaturated/α-hetero) is 1. The van der Waals surface area contributed by atoms with Crippen LogP contribution in [-0.2, 0) is 0 Å². The Kier molecular flexibility index (Phi) is 3.51. The highest BCUT2D eigenvalue weighted by atomic mass is 79.9. The van der Waals surface area contributed by atoms with Gasteiger partial charge in [-0.25, -0.2) is 0 Å². The van der Waals surface area contributed by atoms with Crippen LogP contribution < -0.4 is 0 Å². The number of halogens is 1. The number of ketones is 1. The minimum Gasteiger partial charge on any atom is -0.293 e. The number of hydrogen-bond donors (Lipinski definition) is 0. The number of hydrogen-bond acceptors (Lipinski definition) is 2. The summed E-state index contributed by atoms with van der Waals surface area (Å²) in [6.45, 7) is 0. The first kappa shape index (κ1) is 9.50. The molecule has 1 nitrogen and oxygen atoms in total. The van der Waals surface area contributed by atoms with Gasteiger partial charge in [-0.05, 0) is 22.0 Å². The van der Waals surface area contributed by atoms with E-state index in [1.54, 1.807) is 0 Å². The average Bonchev–Trinajstić information content (AvgIpc) is 2.47. The molecule has 1 heterocycles. The zero-order valence-electron chi connectivity index (χ0n) is 6.34. The number of rotatable bonds is 3. The first-order valence-corrected chi connectivity index (χ1v) is 5.12.